The highest BCUT2D eigenvalue weighted by Crippen LogP contribution is 2.28. The number of carbonyl (C=O) groups is 1. The SMILES string of the molecule is CCCC(C)(CCS(C)(=O)=O)C(=O)O. The molecule has 0 aromatic carbocycles. The molecule has 0 aliphatic carbocycles. The Kier molecular flexibility index (Phi) is 4.58. The molecule has 0 radical (unpaired) electrons. The molecule has 84 valence electrons. The van der Waals surface area contributed by atoms with Crippen LogP contribution < -0.4 is 0 Å². The fourth-order valence-corrected chi connectivity index (χ4v) is 2.12. The monoisotopic (exact) mass is 222 g/mol. The van der Waals surface area contributed by atoms with Crippen molar-refractivity contribution in [2.75, 3.05) is 12.0 Å². The van der Waals surface area contributed by atoms with Gasteiger partial charge in [0.05, 0.1) is 11.2 Å². The summed E-state index contributed by atoms with van der Waals surface area (Å²) in [5.41, 5.74) is -0.905. The summed E-state index contributed by atoms with van der Waals surface area (Å²) in [5.74, 6) is -0.974. The van der Waals surface area contributed by atoms with E-state index >= 15 is 0 Å². The van der Waals surface area contributed by atoms with Crippen LogP contribution in [0, 0.1) is 5.41 Å². The van der Waals surface area contributed by atoms with Gasteiger partial charge in [0.25, 0.3) is 0 Å². The normalized spacial score (nSPS) is 16.2. The average Bonchev–Trinajstić information content (AvgIpc) is 2.00. The van der Waals surface area contributed by atoms with Gasteiger partial charge in [0.2, 0.25) is 0 Å². The minimum Gasteiger partial charge on any atom is -0.481 e. The topological polar surface area (TPSA) is 71.4 Å². The summed E-state index contributed by atoms with van der Waals surface area (Å²) in [4.78, 5) is 10.9. The van der Waals surface area contributed by atoms with E-state index in [9.17, 15) is 13.2 Å². The average molecular weight is 222 g/mol. The highest BCUT2D eigenvalue weighted by atomic mass is 32.2. The summed E-state index contributed by atoms with van der Waals surface area (Å²) >= 11 is 0. The minimum atomic E-state index is -3.07. The first kappa shape index (κ1) is 13.4. The van der Waals surface area contributed by atoms with Gasteiger partial charge in [-0.15, -0.1) is 0 Å². The van der Waals surface area contributed by atoms with Crippen molar-refractivity contribution in [2.45, 2.75) is 33.1 Å². The molecular formula is C9H18O4S. The van der Waals surface area contributed by atoms with Gasteiger partial charge in [-0.1, -0.05) is 13.3 Å². The fraction of sp³-hybridized carbons (Fsp3) is 0.889. The lowest BCUT2D eigenvalue weighted by Gasteiger charge is -2.23. The lowest BCUT2D eigenvalue weighted by Crippen LogP contribution is -2.29. The first-order valence-corrected chi connectivity index (χ1v) is 6.68. The van der Waals surface area contributed by atoms with Crippen molar-refractivity contribution in [3.8, 4) is 0 Å². The zero-order chi connectivity index (χ0) is 11.4. The van der Waals surface area contributed by atoms with E-state index in [1.54, 1.807) is 6.92 Å². The van der Waals surface area contributed by atoms with Crippen LogP contribution in [0.4, 0.5) is 0 Å². The van der Waals surface area contributed by atoms with Crippen LogP contribution >= 0.6 is 0 Å². The van der Waals surface area contributed by atoms with Crippen molar-refractivity contribution < 1.29 is 18.3 Å². The van der Waals surface area contributed by atoms with Gasteiger partial charge in [-0.25, -0.2) is 8.42 Å². The van der Waals surface area contributed by atoms with Crippen LogP contribution in [0.1, 0.15) is 33.1 Å². The van der Waals surface area contributed by atoms with E-state index in [0.717, 1.165) is 12.7 Å². The predicted molar refractivity (Wildman–Crippen MR) is 55.0 cm³/mol. The van der Waals surface area contributed by atoms with E-state index in [-0.39, 0.29) is 12.2 Å². The van der Waals surface area contributed by atoms with Crippen LogP contribution in [-0.2, 0) is 14.6 Å². The minimum absolute atomic E-state index is 0.0597. The Hall–Kier alpha value is -0.580. The first-order valence-electron chi connectivity index (χ1n) is 4.62. The van der Waals surface area contributed by atoms with Crippen LogP contribution in [0.5, 0.6) is 0 Å². The summed E-state index contributed by atoms with van der Waals surface area (Å²) < 4.78 is 21.8. The molecule has 0 aliphatic heterocycles. The number of aliphatic carboxylic acids is 1. The zero-order valence-corrected chi connectivity index (χ0v) is 9.73. The second-order valence-electron chi connectivity index (χ2n) is 4.00. The van der Waals surface area contributed by atoms with Crippen LogP contribution in [0.2, 0.25) is 0 Å². The lowest BCUT2D eigenvalue weighted by atomic mass is 9.83. The molecule has 14 heavy (non-hydrogen) atoms. The molecule has 5 heteroatoms. The molecule has 0 aliphatic rings. The van der Waals surface area contributed by atoms with E-state index in [1.807, 2.05) is 6.92 Å². The standard InChI is InChI=1S/C9H18O4S/c1-4-5-9(2,8(10)11)6-7-14(3,12)13/h4-7H2,1-3H3,(H,10,11). The Morgan fingerprint density at radius 3 is 2.14 bits per heavy atom. The predicted octanol–water partition coefficient (Wildman–Crippen LogP) is 1.31. The van der Waals surface area contributed by atoms with Gasteiger partial charge in [-0.3, -0.25) is 4.79 Å². The number of rotatable bonds is 6. The van der Waals surface area contributed by atoms with Crippen molar-refractivity contribution >= 4 is 15.8 Å². The van der Waals surface area contributed by atoms with Crippen molar-refractivity contribution in [3.05, 3.63) is 0 Å². The van der Waals surface area contributed by atoms with Gasteiger partial charge >= 0.3 is 5.97 Å². The second kappa shape index (κ2) is 4.77. The number of carboxylic acids is 1. The van der Waals surface area contributed by atoms with Crippen molar-refractivity contribution in [1.82, 2.24) is 0 Å². The molecule has 0 fully saturated rings. The third kappa shape index (κ3) is 4.60. The van der Waals surface area contributed by atoms with E-state index in [2.05, 4.69) is 0 Å². The van der Waals surface area contributed by atoms with Gasteiger partial charge in [0.1, 0.15) is 9.84 Å². The van der Waals surface area contributed by atoms with Crippen LogP contribution in [0.3, 0.4) is 0 Å². The molecule has 0 bridgehead atoms. The fourth-order valence-electron chi connectivity index (χ4n) is 1.30. The Morgan fingerprint density at radius 2 is 1.86 bits per heavy atom. The maximum Gasteiger partial charge on any atom is 0.309 e. The molecule has 0 heterocycles. The largest absolute Gasteiger partial charge is 0.481 e. The Morgan fingerprint density at radius 1 is 1.36 bits per heavy atom. The number of hydrogen-bond acceptors (Lipinski definition) is 3. The third-order valence-corrected chi connectivity index (χ3v) is 3.29. The van der Waals surface area contributed by atoms with E-state index in [1.165, 1.54) is 0 Å². The molecule has 1 atom stereocenters. The molecule has 0 rings (SSSR count). The first-order chi connectivity index (χ1) is 6.21. The highest BCUT2D eigenvalue weighted by molar-refractivity contribution is 7.90. The van der Waals surface area contributed by atoms with Gasteiger partial charge in [0.15, 0.2) is 0 Å². The van der Waals surface area contributed by atoms with Crippen LogP contribution in [-0.4, -0.2) is 31.5 Å². The number of sulfone groups is 1. The van der Waals surface area contributed by atoms with Crippen LogP contribution in [0.15, 0.2) is 0 Å². The Labute approximate surface area is 85.2 Å². The van der Waals surface area contributed by atoms with Crippen LogP contribution in [0.25, 0.3) is 0 Å². The van der Waals surface area contributed by atoms with Gasteiger partial charge < -0.3 is 5.11 Å². The molecule has 0 spiro atoms. The maximum absolute atomic E-state index is 10.9. The molecule has 1 N–H and O–H groups in total. The van der Waals surface area contributed by atoms with Crippen molar-refractivity contribution in [2.24, 2.45) is 5.41 Å². The molecule has 4 nitrogen and oxygen atoms in total. The third-order valence-electron chi connectivity index (χ3n) is 2.34. The molecule has 0 aromatic heterocycles. The molecule has 0 saturated heterocycles. The quantitative estimate of drug-likeness (QED) is 0.735. The maximum atomic E-state index is 10.9. The van der Waals surface area contributed by atoms with Crippen molar-refractivity contribution in [3.63, 3.8) is 0 Å². The number of carboxylic acid groups (broad SMARTS) is 1. The molecular weight excluding hydrogens is 204 g/mol. The van der Waals surface area contributed by atoms with E-state index < -0.39 is 21.2 Å². The van der Waals surface area contributed by atoms with E-state index in [4.69, 9.17) is 5.11 Å². The summed E-state index contributed by atoms with van der Waals surface area (Å²) in [6.45, 7) is 3.49. The summed E-state index contributed by atoms with van der Waals surface area (Å²) in [5, 5.41) is 8.97. The molecule has 0 saturated carbocycles. The van der Waals surface area contributed by atoms with Gasteiger partial charge in [-0.05, 0) is 19.8 Å². The van der Waals surface area contributed by atoms with Gasteiger partial charge in [-0.2, -0.15) is 0 Å². The molecule has 1 unspecified atom stereocenters. The molecule has 0 aromatic rings. The summed E-state index contributed by atoms with van der Waals surface area (Å²) in [6, 6.07) is 0. The Balaban J connectivity index is 4.46. The zero-order valence-electron chi connectivity index (χ0n) is 8.91. The number of hydrogen-bond donors (Lipinski definition) is 1. The highest BCUT2D eigenvalue weighted by Gasteiger charge is 2.32. The van der Waals surface area contributed by atoms with Crippen molar-refractivity contribution in [1.29, 1.82) is 0 Å². The second-order valence-corrected chi connectivity index (χ2v) is 6.26. The van der Waals surface area contributed by atoms with E-state index in [0.29, 0.717) is 6.42 Å². The molecule has 0 amide bonds. The Bertz CT molecular complexity index is 294. The van der Waals surface area contributed by atoms with Gasteiger partial charge in [0, 0.05) is 6.26 Å². The smallest absolute Gasteiger partial charge is 0.309 e. The summed E-state index contributed by atoms with van der Waals surface area (Å²) in [6.07, 6.45) is 2.57. The lowest BCUT2D eigenvalue weighted by molar-refractivity contribution is -0.148. The summed E-state index contributed by atoms with van der Waals surface area (Å²) in [7, 11) is -3.07.